The molecule has 0 radical (unpaired) electrons. The lowest BCUT2D eigenvalue weighted by molar-refractivity contribution is -0.137. The second-order valence-electron chi connectivity index (χ2n) is 5.73. The first-order chi connectivity index (χ1) is 12.3. The van der Waals surface area contributed by atoms with Crippen molar-refractivity contribution >= 4 is 5.91 Å². The number of furan rings is 1. The molecule has 2 aromatic heterocycles. The van der Waals surface area contributed by atoms with E-state index in [-0.39, 0.29) is 23.6 Å². The molecule has 0 saturated heterocycles. The molecule has 1 N–H and O–H groups in total. The number of rotatable bonds is 4. The topological polar surface area (TPSA) is 68.3 Å². The van der Waals surface area contributed by atoms with E-state index in [1.807, 2.05) is 0 Å². The van der Waals surface area contributed by atoms with Crippen LogP contribution in [0.4, 0.5) is 13.2 Å². The Balaban J connectivity index is 1.74. The average Bonchev–Trinajstić information content (AvgIpc) is 3.20. The first-order valence-corrected chi connectivity index (χ1v) is 7.73. The van der Waals surface area contributed by atoms with Crippen molar-refractivity contribution < 1.29 is 26.9 Å². The number of carbonyl (C=O) groups excluding carboxylic acids is 1. The minimum Gasteiger partial charge on any atom is -0.451 e. The number of alkyl halides is 3. The van der Waals surface area contributed by atoms with Crippen molar-refractivity contribution in [2.24, 2.45) is 0 Å². The second-order valence-corrected chi connectivity index (χ2v) is 5.73. The summed E-state index contributed by atoms with van der Waals surface area (Å²) in [4.78, 5) is 12.2. The number of aromatic nitrogens is 1. The molecule has 1 aromatic carbocycles. The Morgan fingerprint density at radius 2 is 1.96 bits per heavy atom. The summed E-state index contributed by atoms with van der Waals surface area (Å²) >= 11 is 0. The molecule has 8 heteroatoms. The van der Waals surface area contributed by atoms with Gasteiger partial charge in [-0.2, -0.15) is 13.2 Å². The third kappa shape index (κ3) is 3.63. The number of carbonyl (C=O) groups is 1. The van der Waals surface area contributed by atoms with Gasteiger partial charge >= 0.3 is 6.18 Å². The van der Waals surface area contributed by atoms with Gasteiger partial charge in [0, 0.05) is 17.7 Å². The molecule has 5 nitrogen and oxygen atoms in total. The van der Waals surface area contributed by atoms with Crippen molar-refractivity contribution in [1.29, 1.82) is 0 Å². The third-order valence-electron chi connectivity index (χ3n) is 3.91. The quantitative estimate of drug-likeness (QED) is 0.740. The number of hydrogen-bond acceptors (Lipinski definition) is 4. The van der Waals surface area contributed by atoms with Crippen LogP contribution in [0.15, 0.2) is 45.3 Å². The molecule has 3 rings (SSSR count). The van der Waals surface area contributed by atoms with Crippen LogP contribution in [0.25, 0.3) is 11.3 Å². The maximum absolute atomic E-state index is 12.8. The maximum Gasteiger partial charge on any atom is 0.416 e. The Bertz CT molecular complexity index is 922. The Kier molecular flexibility index (Phi) is 4.58. The van der Waals surface area contributed by atoms with Crippen LogP contribution >= 0.6 is 0 Å². The summed E-state index contributed by atoms with van der Waals surface area (Å²) in [6.45, 7) is 3.70. The summed E-state index contributed by atoms with van der Waals surface area (Å²) in [5.74, 6) is 0.304. The number of amides is 1. The van der Waals surface area contributed by atoms with Crippen molar-refractivity contribution in [3.8, 4) is 11.3 Å². The fourth-order valence-corrected chi connectivity index (χ4v) is 2.47. The van der Waals surface area contributed by atoms with Crippen LogP contribution < -0.4 is 5.32 Å². The van der Waals surface area contributed by atoms with Crippen LogP contribution in [0.5, 0.6) is 0 Å². The SMILES string of the molecule is Cc1noc(C)c1CNC(=O)c1ccc(-c2cccc(C(F)(F)F)c2)o1. The molecule has 2 heterocycles. The number of hydrogen-bond donors (Lipinski definition) is 1. The van der Waals surface area contributed by atoms with Crippen LogP contribution in [0.3, 0.4) is 0 Å². The summed E-state index contributed by atoms with van der Waals surface area (Å²) in [6, 6.07) is 7.60. The molecule has 1 amide bonds. The standard InChI is InChI=1S/C18H15F3N2O3/c1-10-14(11(2)26-23-10)9-22-17(24)16-7-6-15(25-16)12-4-3-5-13(8-12)18(19,20)21/h3-8H,9H2,1-2H3,(H,22,24). The smallest absolute Gasteiger partial charge is 0.416 e. The minimum absolute atomic E-state index is 0.00386. The zero-order valence-electron chi connectivity index (χ0n) is 14.0. The predicted octanol–water partition coefficient (Wildman–Crippen LogP) is 4.50. The molecule has 26 heavy (non-hydrogen) atoms. The number of aryl methyl sites for hydroxylation is 2. The maximum atomic E-state index is 12.8. The van der Waals surface area contributed by atoms with E-state index in [0.29, 0.717) is 11.5 Å². The summed E-state index contributed by atoms with van der Waals surface area (Å²) in [7, 11) is 0. The highest BCUT2D eigenvalue weighted by atomic mass is 19.4. The first kappa shape index (κ1) is 17.8. The van der Waals surface area contributed by atoms with E-state index in [1.54, 1.807) is 13.8 Å². The van der Waals surface area contributed by atoms with Gasteiger partial charge in [0.05, 0.1) is 11.3 Å². The van der Waals surface area contributed by atoms with Gasteiger partial charge in [0.1, 0.15) is 11.5 Å². The van der Waals surface area contributed by atoms with Gasteiger partial charge in [-0.05, 0) is 38.1 Å². The first-order valence-electron chi connectivity index (χ1n) is 7.73. The van der Waals surface area contributed by atoms with E-state index >= 15 is 0 Å². The highest BCUT2D eigenvalue weighted by molar-refractivity contribution is 5.92. The molecule has 136 valence electrons. The lowest BCUT2D eigenvalue weighted by Crippen LogP contribution is -2.22. The van der Waals surface area contributed by atoms with E-state index < -0.39 is 17.6 Å². The van der Waals surface area contributed by atoms with E-state index in [1.165, 1.54) is 24.3 Å². The fourth-order valence-electron chi connectivity index (χ4n) is 2.47. The van der Waals surface area contributed by atoms with Crippen molar-refractivity contribution in [2.45, 2.75) is 26.6 Å². The van der Waals surface area contributed by atoms with Crippen LogP contribution in [-0.4, -0.2) is 11.1 Å². The van der Waals surface area contributed by atoms with Gasteiger partial charge < -0.3 is 14.3 Å². The number of halogens is 3. The summed E-state index contributed by atoms with van der Waals surface area (Å²) < 4.78 is 48.9. The number of nitrogens with one attached hydrogen (secondary N) is 1. The highest BCUT2D eigenvalue weighted by Gasteiger charge is 2.30. The lowest BCUT2D eigenvalue weighted by Gasteiger charge is -2.07. The Hall–Kier alpha value is -3.03. The predicted molar refractivity (Wildman–Crippen MR) is 86.3 cm³/mol. The van der Waals surface area contributed by atoms with Crippen LogP contribution in [0.2, 0.25) is 0 Å². The number of nitrogens with zero attached hydrogens (tertiary/aromatic N) is 1. The van der Waals surface area contributed by atoms with Gasteiger partial charge in [-0.1, -0.05) is 17.3 Å². The van der Waals surface area contributed by atoms with Crippen molar-refractivity contribution in [3.05, 3.63) is 64.7 Å². The molecule has 0 aliphatic rings. The van der Waals surface area contributed by atoms with Crippen LogP contribution in [0, 0.1) is 13.8 Å². The van der Waals surface area contributed by atoms with Gasteiger partial charge in [0.25, 0.3) is 5.91 Å². The van der Waals surface area contributed by atoms with E-state index in [4.69, 9.17) is 8.94 Å². The average molecular weight is 364 g/mol. The van der Waals surface area contributed by atoms with E-state index in [9.17, 15) is 18.0 Å². The Morgan fingerprint density at radius 1 is 1.19 bits per heavy atom. The highest BCUT2D eigenvalue weighted by Crippen LogP contribution is 2.32. The van der Waals surface area contributed by atoms with E-state index in [2.05, 4.69) is 10.5 Å². The summed E-state index contributed by atoms with van der Waals surface area (Å²) in [6.07, 6.45) is -4.45. The molecule has 0 aliphatic carbocycles. The van der Waals surface area contributed by atoms with Gasteiger partial charge in [0.15, 0.2) is 5.76 Å². The number of benzene rings is 1. The summed E-state index contributed by atoms with van der Waals surface area (Å²) in [5.41, 5.74) is 0.898. The normalized spacial score (nSPS) is 11.6. The van der Waals surface area contributed by atoms with Gasteiger partial charge in [0.2, 0.25) is 0 Å². The fraction of sp³-hybridized carbons (Fsp3) is 0.222. The molecule has 0 saturated carbocycles. The molecule has 0 aliphatic heterocycles. The molecular formula is C18H15F3N2O3. The zero-order chi connectivity index (χ0) is 18.9. The monoisotopic (exact) mass is 364 g/mol. The molecular weight excluding hydrogens is 349 g/mol. The second kappa shape index (κ2) is 6.70. The van der Waals surface area contributed by atoms with Crippen LogP contribution in [0.1, 0.15) is 33.1 Å². The lowest BCUT2D eigenvalue weighted by atomic mass is 10.1. The summed E-state index contributed by atoms with van der Waals surface area (Å²) in [5, 5.41) is 6.47. The largest absolute Gasteiger partial charge is 0.451 e. The van der Waals surface area contributed by atoms with Gasteiger partial charge in [-0.15, -0.1) is 0 Å². The Morgan fingerprint density at radius 3 is 2.62 bits per heavy atom. The molecule has 0 spiro atoms. The van der Waals surface area contributed by atoms with Crippen molar-refractivity contribution in [1.82, 2.24) is 10.5 Å². The Labute approximate surface area is 146 Å². The van der Waals surface area contributed by atoms with Crippen LogP contribution in [-0.2, 0) is 12.7 Å². The van der Waals surface area contributed by atoms with Crippen molar-refractivity contribution in [2.75, 3.05) is 0 Å². The zero-order valence-corrected chi connectivity index (χ0v) is 14.0. The molecule has 0 unspecified atom stereocenters. The molecule has 3 aromatic rings. The van der Waals surface area contributed by atoms with Gasteiger partial charge in [-0.25, -0.2) is 0 Å². The van der Waals surface area contributed by atoms with Gasteiger partial charge in [-0.3, -0.25) is 4.79 Å². The minimum atomic E-state index is -4.45. The molecule has 0 fully saturated rings. The van der Waals surface area contributed by atoms with E-state index in [0.717, 1.165) is 17.7 Å². The molecule has 0 atom stereocenters. The third-order valence-corrected chi connectivity index (χ3v) is 3.91. The molecule has 0 bridgehead atoms. The van der Waals surface area contributed by atoms with Crippen molar-refractivity contribution in [3.63, 3.8) is 0 Å².